The van der Waals surface area contributed by atoms with Crippen molar-refractivity contribution < 1.29 is 14.3 Å². The van der Waals surface area contributed by atoms with Crippen molar-refractivity contribution in [3.05, 3.63) is 12.2 Å². The summed E-state index contributed by atoms with van der Waals surface area (Å²) in [6.07, 6.45) is 4.86. The van der Waals surface area contributed by atoms with E-state index >= 15 is 0 Å². The zero-order valence-corrected chi connectivity index (χ0v) is 8.58. The summed E-state index contributed by atoms with van der Waals surface area (Å²) in [6, 6.07) is 0. The van der Waals surface area contributed by atoms with Crippen LogP contribution in [0.5, 0.6) is 0 Å². The van der Waals surface area contributed by atoms with E-state index in [1.807, 2.05) is 26.0 Å². The Bertz CT molecular complexity index is 164. The van der Waals surface area contributed by atoms with E-state index in [1.54, 1.807) is 6.92 Å². The fraction of sp³-hybridized carbons (Fsp3) is 0.700. The average molecular weight is 186 g/mol. The van der Waals surface area contributed by atoms with Gasteiger partial charge in [-0.05, 0) is 20.3 Å². The molecule has 0 aromatic carbocycles. The number of hydrogen-bond donors (Lipinski definition) is 0. The predicted octanol–water partition coefficient (Wildman–Crippen LogP) is 2.90. The molecule has 13 heavy (non-hydrogen) atoms. The van der Waals surface area contributed by atoms with Crippen molar-refractivity contribution in [1.82, 2.24) is 0 Å². The molecule has 0 spiro atoms. The first kappa shape index (κ1) is 12.0. The van der Waals surface area contributed by atoms with E-state index in [4.69, 9.17) is 4.74 Å². The van der Waals surface area contributed by atoms with Crippen molar-refractivity contribution in [1.29, 1.82) is 0 Å². The summed E-state index contributed by atoms with van der Waals surface area (Å²) < 4.78 is 9.70. The Morgan fingerprint density at radius 1 is 1.46 bits per heavy atom. The molecule has 3 nitrogen and oxygen atoms in total. The number of carbonyl (C=O) groups excluding carboxylic acids is 1. The predicted molar refractivity (Wildman–Crippen MR) is 51.6 cm³/mol. The van der Waals surface area contributed by atoms with Gasteiger partial charge in [-0.1, -0.05) is 19.1 Å². The standard InChI is InChI=1S/C10H18O3/c1-4-7-8-9(5-2)13-10(11)12-6-3/h4,7,9H,5-6,8H2,1-3H3. The minimum Gasteiger partial charge on any atom is -0.435 e. The van der Waals surface area contributed by atoms with Crippen molar-refractivity contribution in [3.8, 4) is 0 Å². The fourth-order valence-electron chi connectivity index (χ4n) is 0.874. The zero-order valence-electron chi connectivity index (χ0n) is 8.58. The second-order valence-corrected chi connectivity index (χ2v) is 2.64. The lowest BCUT2D eigenvalue weighted by molar-refractivity contribution is 0.0260. The summed E-state index contributed by atoms with van der Waals surface area (Å²) in [5, 5.41) is 0. The van der Waals surface area contributed by atoms with Gasteiger partial charge in [-0.25, -0.2) is 4.79 Å². The Labute approximate surface area is 79.7 Å². The number of carbonyl (C=O) groups is 1. The van der Waals surface area contributed by atoms with Gasteiger partial charge in [0.2, 0.25) is 0 Å². The maximum atomic E-state index is 10.9. The van der Waals surface area contributed by atoms with Crippen molar-refractivity contribution >= 4 is 6.16 Å². The van der Waals surface area contributed by atoms with Crippen LogP contribution in [0, 0.1) is 0 Å². The Morgan fingerprint density at radius 2 is 2.15 bits per heavy atom. The van der Waals surface area contributed by atoms with Crippen LogP contribution < -0.4 is 0 Å². The number of ether oxygens (including phenoxy) is 2. The first-order chi connectivity index (χ1) is 6.24. The van der Waals surface area contributed by atoms with Gasteiger partial charge in [0.05, 0.1) is 6.61 Å². The van der Waals surface area contributed by atoms with Crippen LogP contribution in [-0.4, -0.2) is 18.9 Å². The third-order valence-corrected chi connectivity index (χ3v) is 1.62. The molecule has 76 valence electrons. The summed E-state index contributed by atoms with van der Waals surface area (Å²) in [7, 11) is 0. The molecule has 3 heteroatoms. The molecule has 0 heterocycles. The van der Waals surface area contributed by atoms with Gasteiger partial charge in [0.15, 0.2) is 0 Å². The first-order valence-corrected chi connectivity index (χ1v) is 4.69. The van der Waals surface area contributed by atoms with Gasteiger partial charge in [0, 0.05) is 6.42 Å². The molecule has 0 aromatic rings. The molecular formula is C10H18O3. The second-order valence-electron chi connectivity index (χ2n) is 2.64. The SMILES string of the molecule is CC=CCC(CC)OC(=O)OCC. The molecule has 0 fully saturated rings. The first-order valence-electron chi connectivity index (χ1n) is 4.69. The van der Waals surface area contributed by atoms with Crippen LogP contribution in [0.3, 0.4) is 0 Å². The molecule has 0 aliphatic heterocycles. The van der Waals surface area contributed by atoms with Gasteiger partial charge in [-0.3, -0.25) is 0 Å². The second kappa shape index (κ2) is 7.65. The summed E-state index contributed by atoms with van der Waals surface area (Å²) >= 11 is 0. The lowest BCUT2D eigenvalue weighted by Crippen LogP contribution is -2.17. The summed E-state index contributed by atoms with van der Waals surface area (Å²) in [5.41, 5.74) is 0. The molecule has 0 saturated heterocycles. The number of hydrogen-bond acceptors (Lipinski definition) is 3. The monoisotopic (exact) mass is 186 g/mol. The van der Waals surface area contributed by atoms with Crippen LogP contribution in [0.4, 0.5) is 4.79 Å². The van der Waals surface area contributed by atoms with Crippen LogP contribution in [0.1, 0.15) is 33.6 Å². The van der Waals surface area contributed by atoms with E-state index in [2.05, 4.69) is 4.74 Å². The Kier molecular flexibility index (Phi) is 7.07. The van der Waals surface area contributed by atoms with Gasteiger partial charge in [-0.2, -0.15) is 0 Å². The molecule has 0 N–H and O–H groups in total. The summed E-state index contributed by atoms with van der Waals surface area (Å²) in [4.78, 5) is 10.9. The third kappa shape index (κ3) is 6.20. The third-order valence-electron chi connectivity index (χ3n) is 1.62. The quantitative estimate of drug-likeness (QED) is 0.489. The zero-order chi connectivity index (χ0) is 10.1. The van der Waals surface area contributed by atoms with Crippen molar-refractivity contribution in [2.24, 2.45) is 0 Å². The largest absolute Gasteiger partial charge is 0.508 e. The van der Waals surface area contributed by atoms with E-state index in [1.165, 1.54) is 0 Å². The maximum absolute atomic E-state index is 10.9. The highest BCUT2D eigenvalue weighted by Crippen LogP contribution is 2.05. The van der Waals surface area contributed by atoms with Gasteiger partial charge < -0.3 is 9.47 Å². The molecule has 0 amide bonds. The normalized spacial score (nSPS) is 12.8. The Hall–Kier alpha value is -0.990. The van der Waals surface area contributed by atoms with Gasteiger partial charge in [-0.15, -0.1) is 0 Å². The molecule has 0 aliphatic carbocycles. The van der Waals surface area contributed by atoms with E-state index in [-0.39, 0.29) is 6.10 Å². The van der Waals surface area contributed by atoms with Crippen LogP contribution >= 0.6 is 0 Å². The van der Waals surface area contributed by atoms with Crippen molar-refractivity contribution in [2.45, 2.75) is 39.7 Å². The number of allylic oxidation sites excluding steroid dienone is 1. The van der Waals surface area contributed by atoms with Crippen LogP contribution in [-0.2, 0) is 9.47 Å². The molecule has 0 aromatic heterocycles. The maximum Gasteiger partial charge on any atom is 0.508 e. The minimum atomic E-state index is -0.571. The highest BCUT2D eigenvalue weighted by molar-refractivity contribution is 5.60. The lowest BCUT2D eigenvalue weighted by Gasteiger charge is -2.13. The Balaban J connectivity index is 3.75. The topological polar surface area (TPSA) is 35.5 Å². The van der Waals surface area contributed by atoms with Gasteiger partial charge in [0.1, 0.15) is 6.10 Å². The van der Waals surface area contributed by atoms with E-state index in [0.29, 0.717) is 6.61 Å². The van der Waals surface area contributed by atoms with Crippen LogP contribution in [0.15, 0.2) is 12.2 Å². The average Bonchev–Trinajstić information content (AvgIpc) is 2.12. The Morgan fingerprint density at radius 3 is 2.62 bits per heavy atom. The molecule has 1 unspecified atom stereocenters. The molecule has 0 bridgehead atoms. The van der Waals surface area contributed by atoms with Crippen molar-refractivity contribution in [3.63, 3.8) is 0 Å². The molecular weight excluding hydrogens is 168 g/mol. The van der Waals surface area contributed by atoms with E-state index < -0.39 is 6.16 Å². The van der Waals surface area contributed by atoms with Crippen molar-refractivity contribution in [2.75, 3.05) is 6.61 Å². The molecule has 0 aliphatic rings. The molecule has 0 radical (unpaired) electrons. The smallest absolute Gasteiger partial charge is 0.435 e. The lowest BCUT2D eigenvalue weighted by atomic mass is 10.2. The van der Waals surface area contributed by atoms with Gasteiger partial charge in [0.25, 0.3) is 0 Å². The molecule has 1 atom stereocenters. The van der Waals surface area contributed by atoms with Gasteiger partial charge >= 0.3 is 6.16 Å². The molecule has 0 rings (SSSR count). The summed E-state index contributed by atoms with van der Waals surface area (Å²) in [5.74, 6) is 0. The fourth-order valence-corrected chi connectivity index (χ4v) is 0.874. The van der Waals surface area contributed by atoms with E-state index in [9.17, 15) is 4.79 Å². The molecule has 0 saturated carbocycles. The van der Waals surface area contributed by atoms with Crippen LogP contribution in [0.25, 0.3) is 0 Å². The highest BCUT2D eigenvalue weighted by Gasteiger charge is 2.10. The highest BCUT2D eigenvalue weighted by atomic mass is 16.7. The summed E-state index contributed by atoms with van der Waals surface area (Å²) in [6.45, 7) is 6.04. The van der Waals surface area contributed by atoms with Crippen LogP contribution in [0.2, 0.25) is 0 Å². The number of rotatable bonds is 5. The van der Waals surface area contributed by atoms with E-state index in [0.717, 1.165) is 12.8 Å². The minimum absolute atomic E-state index is 0.0600.